The van der Waals surface area contributed by atoms with Crippen molar-refractivity contribution in [1.29, 1.82) is 0 Å². The lowest BCUT2D eigenvalue weighted by molar-refractivity contribution is 0.00278. The summed E-state index contributed by atoms with van der Waals surface area (Å²) in [4.78, 5) is 0. The van der Waals surface area contributed by atoms with Crippen molar-refractivity contribution < 1.29 is 37.8 Å². The van der Waals surface area contributed by atoms with Crippen molar-refractivity contribution >= 4 is 30.4 Å². The molecule has 2 unspecified atom stereocenters. The summed E-state index contributed by atoms with van der Waals surface area (Å²) >= 11 is 0. The third kappa shape index (κ3) is 9.61. The maximum atomic E-state index is 11.1. The molecule has 0 N–H and O–H groups in total. The van der Waals surface area contributed by atoms with Crippen molar-refractivity contribution in [2.75, 3.05) is 18.8 Å². The lowest BCUT2D eigenvalue weighted by Crippen LogP contribution is -2.42. The molecule has 122 valence electrons. The summed E-state index contributed by atoms with van der Waals surface area (Å²) in [6.45, 7) is 2.44. The zero-order valence-electron chi connectivity index (χ0n) is 11.6. The van der Waals surface area contributed by atoms with Gasteiger partial charge in [-0.15, -0.1) is 0 Å². The summed E-state index contributed by atoms with van der Waals surface area (Å²) < 4.78 is 80.3. The summed E-state index contributed by atoms with van der Waals surface area (Å²) in [6.07, 6.45) is -1.71. The van der Waals surface area contributed by atoms with Crippen LogP contribution in [0.1, 0.15) is 13.8 Å². The van der Waals surface area contributed by atoms with Gasteiger partial charge in [0.25, 0.3) is 30.4 Å². The van der Waals surface area contributed by atoms with Gasteiger partial charge in [0.15, 0.2) is 0 Å². The predicted molar refractivity (Wildman–Crippen MR) is 70.5 cm³/mol. The molecule has 0 amide bonds. The van der Waals surface area contributed by atoms with Crippen LogP contribution in [-0.2, 0) is 42.9 Å². The fourth-order valence-electron chi connectivity index (χ4n) is 1.40. The van der Waals surface area contributed by atoms with E-state index in [1.54, 1.807) is 0 Å². The van der Waals surface area contributed by atoms with E-state index in [1.807, 2.05) is 0 Å². The number of rotatable bonds is 8. The van der Waals surface area contributed by atoms with E-state index in [1.165, 1.54) is 13.8 Å². The molecule has 0 heterocycles. The first-order valence-corrected chi connectivity index (χ1v) is 10.7. The Hall–Kier alpha value is -0.270. The van der Waals surface area contributed by atoms with Crippen LogP contribution in [-0.4, -0.2) is 62.3 Å². The summed E-state index contributed by atoms with van der Waals surface area (Å²) in [7, 11) is -11.7. The second kappa shape index (κ2) is 6.66. The monoisotopic (exact) mass is 354 g/mol. The predicted octanol–water partition coefficient (Wildman–Crippen LogP) is -0.939. The number of hydrogen-bond acceptors (Lipinski definition) is 9. The molecule has 0 aromatic carbocycles. The lowest BCUT2D eigenvalue weighted by Gasteiger charge is -2.26. The highest BCUT2D eigenvalue weighted by Crippen LogP contribution is 2.17. The van der Waals surface area contributed by atoms with Gasteiger partial charge in [-0.2, -0.15) is 25.3 Å². The molecule has 0 radical (unpaired) electrons. The Labute approximate surface area is 119 Å². The Bertz CT molecular complexity index is 576. The Morgan fingerprint density at radius 2 is 0.850 bits per heavy atom. The fourth-order valence-corrected chi connectivity index (χ4v) is 3.44. The van der Waals surface area contributed by atoms with Crippen LogP contribution in [0.3, 0.4) is 0 Å². The van der Waals surface area contributed by atoms with Crippen LogP contribution in [0.2, 0.25) is 0 Å². The summed E-state index contributed by atoms with van der Waals surface area (Å²) in [6, 6.07) is 0. The Morgan fingerprint density at radius 1 is 0.600 bits per heavy atom. The van der Waals surface area contributed by atoms with Crippen LogP contribution in [0, 0.1) is 0 Å². The van der Waals surface area contributed by atoms with Gasteiger partial charge in [-0.1, -0.05) is 0 Å². The highest BCUT2D eigenvalue weighted by molar-refractivity contribution is 7.86. The minimum Gasteiger partial charge on any atom is -0.264 e. The summed E-state index contributed by atoms with van der Waals surface area (Å²) in [5.74, 6) is 0. The Kier molecular flexibility index (Phi) is 6.57. The first kappa shape index (κ1) is 19.7. The van der Waals surface area contributed by atoms with E-state index in [0.717, 1.165) is 18.8 Å². The molecule has 0 spiro atoms. The highest BCUT2D eigenvalue weighted by atomic mass is 32.2. The molecule has 0 aliphatic carbocycles. The first-order valence-electron chi connectivity index (χ1n) is 5.25. The largest absolute Gasteiger partial charge is 0.264 e. The second-order valence-corrected chi connectivity index (χ2v) is 9.08. The molecule has 0 aliphatic heterocycles. The van der Waals surface area contributed by atoms with E-state index < -0.39 is 48.7 Å². The third-order valence-corrected chi connectivity index (χ3v) is 3.74. The normalized spacial score (nSPS) is 18.4. The average molecular weight is 354 g/mol. The van der Waals surface area contributed by atoms with Crippen molar-refractivity contribution in [3.05, 3.63) is 0 Å². The van der Waals surface area contributed by atoms with Crippen molar-refractivity contribution in [2.24, 2.45) is 0 Å². The van der Waals surface area contributed by atoms with E-state index >= 15 is 0 Å². The molecule has 0 aromatic heterocycles. The molecular weight excluding hydrogens is 336 g/mol. The summed E-state index contributed by atoms with van der Waals surface area (Å²) in [5, 5.41) is 0. The van der Waals surface area contributed by atoms with Crippen LogP contribution in [0.25, 0.3) is 0 Å². The molecule has 20 heavy (non-hydrogen) atoms. The van der Waals surface area contributed by atoms with Gasteiger partial charge in [0.1, 0.15) is 18.3 Å². The van der Waals surface area contributed by atoms with Crippen LogP contribution < -0.4 is 0 Å². The fraction of sp³-hybridized carbons (Fsp3) is 1.00. The third-order valence-electron chi connectivity index (χ3n) is 1.86. The van der Waals surface area contributed by atoms with Gasteiger partial charge in [0, 0.05) is 0 Å². The van der Waals surface area contributed by atoms with Gasteiger partial charge in [0.05, 0.1) is 18.8 Å². The smallest absolute Gasteiger partial charge is 0.264 e. The van der Waals surface area contributed by atoms with Gasteiger partial charge in [-0.3, -0.25) is 12.5 Å². The molecule has 0 rings (SSSR count). The summed E-state index contributed by atoms with van der Waals surface area (Å²) in [5.41, 5.74) is 0. The van der Waals surface area contributed by atoms with E-state index in [9.17, 15) is 25.3 Å². The minimum atomic E-state index is -3.97. The standard InChI is InChI=1S/C8H18O9S3/c1-6(15-18(3,9)10)8(17-20(5,13)14)7(2)16-19(4,11)12/h6-8H,1-5H3. The molecule has 0 fully saturated rings. The molecule has 0 aromatic rings. The number of hydrogen-bond donors (Lipinski definition) is 0. The first-order chi connectivity index (χ1) is 8.61. The van der Waals surface area contributed by atoms with Gasteiger partial charge in [-0.25, -0.2) is 0 Å². The van der Waals surface area contributed by atoms with Crippen molar-refractivity contribution in [2.45, 2.75) is 32.2 Å². The van der Waals surface area contributed by atoms with Crippen molar-refractivity contribution in [3.8, 4) is 0 Å². The van der Waals surface area contributed by atoms with Gasteiger partial charge in [-0.05, 0) is 13.8 Å². The zero-order valence-corrected chi connectivity index (χ0v) is 14.1. The molecule has 2 atom stereocenters. The van der Waals surface area contributed by atoms with Crippen molar-refractivity contribution in [1.82, 2.24) is 0 Å². The second-order valence-electron chi connectivity index (χ2n) is 4.28. The zero-order chi connectivity index (χ0) is 16.4. The van der Waals surface area contributed by atoms with Gasteiger partial charge < -0.3 is 0 Å². The van der Waals surface area contributed by atoms with Crippen LogP contribution in [0.4, 0.5) is 0 Å². The molecular formula is C8H18O9S3. The lowest BCUT2D eigenvalue weighted by atomic mass is 10.1. The molecule has 12 heteroatoms. The molecule has 0 aliphatic rings. The average Bonchev–Trinajstić information content (AvgIpc) is 2.06. The van der Waals surface area contributed by atoms with E-state index in [4.69, 9.17) is 0 Å². The Balaban J connectivity index is 5.27. The molecule has 0 bridgehead atoms. The van der Waals surface area contributed by atoms with Crippen LogP contribution >= 0.6 is 0 Å². The van der Waals surface area contributed by atoms with Crippen LogP contribution in [0.5, 0.6) is 0 Å². The molecule has 9 nitrogen and oxygen atoms in total. The quantitative estimate of drug-likeness (QED) is 0.507. The van der Waals surface area contributed by atoms with Crippen molar-refractivity contribution in [3.63, 3.8) is 0 Å². The van der Waals surface area contributed by atoms with Crippen LogP contribution in [0.15, 0.2) is 0 Å². The highest BCUT2D eigenvalue weighted by Gasteiger charge is 2.33. The maximum absolute atomic E-state index is 11.1. The molecule has 0 saturated heterocycles. The SMILES string of the molecule is CC(OS(C)(=O)=O)C(OS(C)(=O)=O)C(C)OS(C)(=O)=O. The minimum absolute atomic E-state index is 0.736. The maximum Gasteiger partial charge on any atom is 0.264 e. The van der Waals surface area contributed by atoms with E-state index in [-0.39, 0.29) is 0 Å². The van der Waals surface area contributed by atoms with Gasteiger partial charge >= 0.3 is 0 Å². The van der Waals surface area contributed by atoms with E-state index in [2.05, 4.69) is 12.5 Å². The molecule has 0 saturated carbocycles. The Morgan fingerprint density at radius 3 is 1.05 bits per heavy atom. The van der Waals surface area contributed by atoms with Gasteiger partial charge in [0.2, 0.25) is 0 Å². The van der Waals surface area contributed by atoms with E-state index in [0.29, 0.717) is 0 Å². The topological polar surface area (TPSA) is 130 Å².